The van der Waals surface area contributed by atoms with Crippen LogP contribution in [0.5, 0.6) is 5.75 Å². The van der Waals surface area contributed by atoms with Gasteiger partial charge in [-0.1, -0.05) is 24.4 Å². The Balaban J connectivity index is 0.821. The Labute approximate surface area is 375 Å². The van der Waals surface area contributed by atoms with Gasteiger partial charge in [-0.05, 0) is 55.3 Å². The normalized spacial score (nSPS) is 23.0. The van der Waals surface area contributed by atoms with Gasteiger partial charge in [0.25, 0.3) is 0 Å². The van der Waals surface area contributed by atoms with Gasteiger partial charge in [0.05, 0.1) is 56.1 Å². The number of pyridine rings is 1. The zero-order valence-corrected chi connectivity index (χ0v) is 37.3. The lowest BCUT2D eigenvalue weighted by molar-refractivity contribution is -0.0565. The summed E-state index contributed by atoms with van der Waals surface area (Å²) in [4.78, 5) is 54.8. The largest absolute Gasteiger partial charge is 0.497 e. The number of anilines is 3. The van der Waals surface area contributed by atoms with E-state index in [0.29, 0.717) is 41.3 Å². The molecule has 6 heterocycles. The van der Waals surface area contributed by atoms with Crippen LogP contribution in [0.1, 0.15) is 51.0 Å². The number of hydrogen-bond acceptors (Lipinski definition) is 19. The lowest BCUT2D eigenvalue weighted by atomic mass is 10.1. The van der Waals surface area contributed by atoms with Gasteiger partial charge in [-0.3, -0.25) is 27.2 Å². The van der Waals surface area contributed by atoms with Crippen molar-refractivity contribution in [3.63, 3.8) is 0 Å². The standard InChI is InChI=1S/C39H47ClN10O13P2/c1-57-23-7-9-26-25(15-23)35(24-8-6-22(40)14-27(24)47-26)43-11-4-2-3-5-13-58-64(53,54)59-19-31-29(17-34(62-31)49-12-10-32(41)48-39(49)52)63-65(55,56)60-18-30-28(51)16-33(61-30)50-21-46-36-37(42)44-20-45-38(36)50/h6-10,12,14-15,20-21,28-31,33-34,51H,2-5,11,13,16-19H2,1H3,(H,43,47)(H,53,54)(H,55,56)(H2,41,48,52)(H2,42,44,45)/t28-,29?,30+,31+,33+,34+/m0/s1. The summed E-state index contributed by atoms with van der Waals surface area (Å²) in [5.41, 5.74) is 13.9. The maximum absolute atomic E-state index is 13.3. The summed E-state index contributed by atoms with van der Waals surface area (Å²) in [6.07, 6.45) is -0.113. The number of ether oxygens (including phenoxy) is 3. The van der Waals surface area contributed by atoms with Crippen molar-refractivity contribution in [1.82, 2.24) is 34.1 Å². The van der Waals surface area contributed by atoms with Gasteiger partial charge in [-0.25, -0.2) is 33.9 Å². The molecule has 0 amide bonds. The van der Waals surface area contributed by atoms with Crippen molar-refractivity contribution in [2.75, 3.05) is 50.3 Å². The van der Waals surface area contributed by atoms with Crippen LogP contribution in [-0.4, -0.2) is 107 Å². The Morgan fingerprint density at radius 3 is 2.45 bits per heavy atom. The van der Waals surface area contributed by atoms with Crippen LogP contribution in [0, 0.1) is 0 Å². The fourth-order valence-electron chi connectivity index (χ4n) is 7.66. The van der Waals surface area contributed by atoms with E-state index in [-0.39, 0.29) is 31.1 Å². The Morgan fingerprint density at radius 2 is 1.63 bits per heavy atom. The molecule has 23 nitrogen and oxygen atoms in total. The highest BCUT2D eigenvalue weighted by atomic mass is 35.5. The third-order valence-electron chi connectivity index (χ3n) is 10.9. The molecule has 3 unspecified atom stereocenters. The van der Waals surface area contributed by atoms with Gasteiger partial charge in [0.1, 0.15) is 54.2 Å². The fourth-order valence-corrected chi connectivity index (χ4v) is 9.55. The molecule has 0 bridgehead atoms. The first-order chi connectivity index (χ1) is 31.2. The number of fused-ring (bicyclic) bond motifs is 3. The van der Waals surface area contributed by atoms with Crippen molar-refractivity contribution in [2.24, 2.45) is 0 Å². The SMILES string of the molecule is COc1ccc2nc3cc(Cl)ccc3c(NCCCCCCOP(=O)(O)OC[C@H]3O[C@@H](n4ccc(N)nc4=O)CC3OP(=O)(O)OC[C@H]3O[C@@H](n4cnc5c(N)ncnc54)C[C@@H]3O)c2c1. The average molecular weight is 961 g/mol. The Bertz CT molecular complexity index is 2820. The minimum atomic E-state index is -4.95. The molecule has 2 saturated heterocycles. The highest BCUT2D eigenvalue weighted by Gasteiger charge is 2.44. The summed E-state index contributed by atoms with van der Waals surface area (Å²) in [7, 11) is -8.01. The number of phosphoric ester groups is 2. The number of aliphatic hydroxyl groups is 1. The number of unbranched alkanes of at least 4 members (excludes halogenated alkanes) is 3. The van der Waals surface area contributed by atoms with E-state index in [1.54, 1.807) is 11.7 Å². The number of nitrogens with one attached hydrogen (secondary N) is 1. The Kier molecular flexibility index (Phi) is 14.3. The second-order valence-electron chi connectivity index (χ2n) is 15.3. The van der Waals surface area contributed by atoms with Crippen LogP contribution >= 0.6 is 27.2 Å². The molecule has 0 aliphatic carbocycles. The molecule has 2 aliphatic rings. The number of halogens is 1. The first-order valence-corrected chi connectivity index (χ1v) is 23.9. The van der Waals surface area contributed by atoms with Crippen molar-refractivity contribution < 1.29 is 56.3 Å². The molecule has 0 radical (unpaired) electrons. The molecule has 0 saturated carbocycles. The monoisotopic (exact) mass is 960 g/mol. The van der Waals surface area contributed by atoms with E-state index >= 15 is 0 Å². The quantitative estimate of drug-likeness (QED) is 0.0338. The summed E-state index contributed by atoms with van der Waals surface area (Å²) in [5, 5.41) is 16.7. The second kappa shape index (κ2) is 19.9. The number of aromatic nitrogens is 7. The smallest absolute Gasteiger partial charge is 0.472 e. The van der Waals surface area contributed by atoms with Crippen LogP contribution in [-0.2, 0) is 36.7 Å². The van der Waals surface area contributed by atoms with E-state index in [1.165, 1.54) is 24.9 Å². The van der Waals surface area contributed by atoms with Gasteiger partial charge >= 0.3 is 21.3 Å². The number of imidazole rings is 1. The number of nitrogens with two attached hydrogens (primary N) is 2. The minimum Gasteiger partial charge on any atom is -0.497 e. The zero-order chi connectivity index (χ0) is 45.9. The summed E-state index contributed by atoms with van der Waals surface area (Å²) >= 11 is 6.26. The predicted octanol–water partition coefficient (Wildman–Crippen LogP) is 4.86. The van der Waals surface area contributed by atoms with E-state index in [2.05, 4.69) is 25.3 Å². The molecule has 4 aromatic heterocycles. The molecule has 2 aromatic carbocycles. The van der Waals surface area contributed by atoms with Gasteiger partial charge in [-0.15, -0.1) is 0 Å². The first-order valence-electron chi connectivity index (χ1n) is 20.5. The summed E-state index contributed by atoms with van der Waals surface area (Å²) in [6.45, 7) is -0.682. The summed E-state index contributed by atoms with van der Waals surface area (Å²) < 4.78 is 67.5. The number of phosphoric acid groups is 2. The van der Waals surface area contributed by atoms with E-state index in [1.807, 2.05) is 36.4 Å². The van der Waals surface area contributed by atoms with E-state index < -0.39 is 71.4 Å². The number of benzene rings is 2. The average Bonchev–Trinajstić information content (AvgIpc) is 3.99. The lowest BCUT2D eigenvalue weighted by Crippen LogP contribution is -2.30. The number of methoxy groups -OCH3 is 1. The van der Waals surface area contributed by atoms with Crippen LogP contribution in [0.25, 0.3) is 33.0 Å². The van der Waals surface area contributed by atoms with Crippen LogP contribution in [0.15, 0.2) is 66.1 Å². The van der Waals surface area contributed by atoms with Gasteiger partial charge in [0.15, 0.2) is 11.5 Å². The van der Waals surface area contributed by atoms with Crippen LogP contribution < -0.4 is 27.2 Å². The van der Waals surface area contributed by atoms with Crippen LogP contribution in [0.3, 0.4) is 0 Å². The molecule has 8 atom stereocenters. The van der Waals surface area contributed by atoms with Crippen molar-refractivity contribution in [1.29, 1.82) is 0 Å². The molecule has 6 aromatic rings. The van der Waals surface area contributed by atoms with Gasteiger partial charge < -0.3 is 45.9 Å². The topological polar surface area (TPSA) is 315 Å². The molecule has 8 N–H and O–H groups in total. The maximum atomic E-state index is 13.3. The molecule has 2 aliphatic heterocycles. The predicted molar refractivity (Wildman–Crippen MR) is 236 cm³/mol. The molecular weight excluding hydrogens is 914 g/mol. The summed E-state index contributed by atoms with van der Waals surface area (Å²) in [6, 6.07) is 12.6. The zero-order valence-electron chi connectivity index (χ0n) is 34.8. The third-order valence-corrected chi connectivity index (χ3v) is 13.1. The van der Waals surface area contributed by atoms with Crippen molar-refractivity contribution in [2.45, 2.75) is 75.4 Å². The van der Waals surface area contributed by atoms with Gasteiger partial charge in [0.2, 0.25) is 0 Å². The molecule has 0 spiro atoms. The number of aliphatic hydroxyl groups excluding tert-OH is 1. The van der Waals surface area contributed by atoms with Crippen molar-refractivity contribution >= 4 is 77.5 Å². The molecule has 8 rings (SSSR count). The maximum Gasteiger partial charge on any atom is 0.472 e. The molecule has 2 fully saturated rings. The summed E-state index contributed by atoms with van der Waals surface area (Å²) in [5.74, 6) is 0.818. The Hall–Kier alpha value is -4.87. The second-order valence-corrected chi connectivity index (χ2v) is 18.6. The number of nitrogen functional groups attached to an aromatic ring is 2. The number of rotatable bonds is 20. The van der Waals surface area contributed by atoms with E-state index in [0.717, 1.165) is 44.9 Å². The third kappa shape index (κ3) is 11.1. The van der Waals surface area contributed by atoms with Crippen molar-refractivity contribution in [3.05, 3.63) is 76.8 Å². The minimum absolute atomic E-state index is 0.0442. The molecular formula is C39H47ClN10O13P2. The number of nitrogens with zero attached hydrogens (tertiary/aromatic N) is 7. The van der Waals surface area contributed by atoms with Crippen molar-refractivity contribution in [3.8, 4) is 5.75 Å². The Morgan fingerprint density at radius 1 is 0.862 bits per heavy atom. The van der Waals surface area contributed by atoms with E-state index in [4.69, 9.17) is 60.4 Å². The first kappa shape index (κ1) is 46.7. The fraction of sp³-hybridized carbons (Fsp3) is 0.436. The van der Waals surface area contributed by atoms with Crippen LogP contribution in [0.4, 0.5) is 17.3 Å². The van der Waals surface area contributed by atoms with E-state index in [9.17, 15) is 28.8 Å². The highest BCUT2D eigenvalue weighted by molar-refractivity contribution is 7.47. The molecule has 65 heavy (non-hydrogen) atoms. The highest BCUT2D eigenvalue weighted by Crippen LogP contribution is 2.50. The van der Waals surface area contributed by atoms with Gasteiger partial charge in [-0.2, -0.15) is 4.98 Å². The molecule has 26 heteroatoms. The lowest BCUT2D eigenvalue weighted by Gasteiger charge is -2.23. The number of hydrogen-bond donors (Lipinski definition) is 6. The van der Waals surface area contributed by atoms with Crippen LogP contribution in [0.2, 0.25) is 5.02 Å². The molecule has 348 valence electrons. The van der Waals surface area contributed by atoms with Gasteiger partial charge in [0, 0.05) is 41.4 Å².